The van der Waals surface area contributed by atoms with Crippen LogP contribution < -0.4 is 13.9 Å². The van der Waals surface area contributed by atoms with Gasteiger partial charge in [0, 0.05) is 0 Å². The van der Waals surface area contributed by atoms with Crippen LogP contribution in [-0.2, 0) is 7.67 Å². The van der Waals surface area contributed by atoms with E-state index >= 15 is 0 Å². The summed E-state index contributed by atoms with van der Waals surface area (Å²) in [7, 11) is 2.71. The Hall–Kier alpha value is -1.06. The molecule has 0 spiro atoms. The zero-order chi connectivity index (χ0) is 13.3. The molecule has 0 aliphatic heterocycles. The van der Waals surface area contributed by atoms with Crippen molar-refractivity contribution in [3.8, 4) is 11.5 Å². The fourth-order valence-electron chi connectivity index (χ4n) is 1.18. The summed E-state index contributed by atoms with van der Waals surface area (Å²) in [6, 6.07) is 4.37. The average molecular weight is 278 g/mol. The molecule has 0 heterocycles. The number of methoxy groups -OCH3 is 2. The van der Waals surface area contributed by atoms with Crippen molar-refractivity contribution in [1.82, 2.24) is 0 Å². The van der Waals surface area contributed by atoms with Crippen molar-refractivity contribution in [2.24, 2.45) is 0 Å². The van der Waals surface area contributed by atoms with Gasteiger partial charge in [0.2, 0.25) is 0 Å². The topological polar surface area (TPSA) is 52.6 Å². The monoisotopic (exact) mass is 279 g/mol. The van der Waals surface area contributed by atoms with Crippen LogP contribution in [0, 0.1) is 0 Å². The number of hydrogen-bond acceptors (Lipinski definition) is 4. The molecule has 15 heavy (non-hydrogen) atoms. The molecule has 0 bridgehead atoms. The number of ether oxygens (including phenoxy) is 2. The molecule has 1 aromatic carbocycles. The van der Waals surface area contributed by atoms with Crippen molar-refractivity contribution < 1.29 is 19.9 Å². The Morgan fingerprint density at radius 3 is 2.60 bits per heavy atom. The first-order valence-corrected chi connectivity index (χ1v) is 7.32. The molecular formula is C10H14O4Se. The maximum atomic E-state index is 12.1. The summed E-state index contributed by atoms with van der Waals surface area (Å²) in [6.07, 6.45) is 0. The van der Waals surface area contributed by atoms with Crippen molar-refractivity contribution in [3.05, 3.63) is 18.2 Å². The molecule has 5 heteroatoms. The van der Waals surface area contributed by atoms with E-state index in [9.17, 15) is 7.67 Å². The van der Waals surface area contributed by atoms with Gasteiger partial charge in [0.05, 0.1) is 0 Å². The Bertz CT molecular complexity index is 506. The van der Waals surface area contributed by atoms with E-state index in [-0.39, 0.29) is 16.0 Å². The van der Waals surface area contributed by atoms with E-state index in [4.69, 9.17) is 12.2 Å². The van der Waals surface area contributed by atoms with Crippen LogP contribution in [0.2, 0.25) is 5.27 Å². The molecule has 0 saturated carbocycles. The van der Waals surface area contributed by atoms with Crippen LogP contribution in [0.3, 0.4) is 0 Å². The minimum absolute atomic E-state index is 0.0470. The van der Waals surface area contributed by atoms with Crippen LogP contribution in [-0.4, -0.2) is 26.9 Å². The van der Waals surface area contributed by atoms with Gasteiger partial charge in [-0.3, -0.25) is 0 Å². The van der Waals surface area contributed by atoms with Gasteiger partial charge < -0.3 is 0 Å². The van der Waals surface area contributed by atoms with Gasteiger partial charge in [-0.05, 0) is 0 Å². The molecule has 0 fully saturated rings. The van der Waals surface area contributed by atoms with Gasteiger partial charge in [-0.25, -0.2) is 0 Å². The van der Waals surface area contributed by atoms with Crippen LogP contribution in [0.1, 0.15) is 9.67 Å². The van der Waals surface area contributed by atoms with Gasteiger partial charge in [-0.2, -0.15) is 0 Å². The third-order valence-electron chi connectivity index (χ3n) is 1.93. The summed E-state index contributed by atoms with van der Waals surface area (Å²) in [6.45, 7) is 1.02. The van der Waals surface area contributed by atoms with E-state index in [0.717, 1.165) is 6.92 Å². The Kier molecular flexibility index (Phi) is 2.84. The summed E-state index contributed by atoms with van der Waals surface area (Å²) < 4.78 is 48.7. The van der Waals surface area contributed by atoms with Crippen molar-refractivity contribution >= 4 is 17.2 Å². The van der Waals surface area contributed by atoms with E-state index in [1.807, 2.05) is 0 Å². The second kappa shape index (κ2) is 4.64. The number of rotatable bonds is 4. The zero-order valence-corrected chi connectivity index (χ0v) is 10.5. The second-order valence-corrected chi connectivity index (χ2v) is 6.59. The summed E-state index contributed by atoms with van der Waals surface area (Å²) in [5.41, 5.74) is 0. The maximum absolute atomic E-state index is 12.1. The molecule has 84 valence electrons. The van der Waals surface area contributed by atoms with Crippen molar-refractivity contribution in [3.63, 3.8) is 0 Å². The van der Waals surface area contributed by atoms with Gasteiger partial charge in [-0.15, -0.1) is 0 Å². The van der Waals surface area contributed by atoms with Crippen LogP contribution in [0.15, 0.2) is 18.2 Å². The Morgan fingerprint density at radius 2 is 2.13 bits per heavy atom. The first-order chi connectivity index (χ1) is 7.75. The van der Waals surface area contributed by atoms with Crippen molar-refractivity contribution in [1.29, 1.82) is 0 Å². The Balaban J connectivity index is 3.53. The summed E-state index contributed by atoms with van der Waals surface area (Å²) >= 11 is -4.97. The fourth-order valence-corrected chi connectivity index (χ4v) is 3.08. The van der Waals surface area contributed by atoms with Crippen molar-refractivity contribution in [2.45, 2.75) is 12.2 Å². The number of para-hydroxylation sites is 1. The van der Waals surface area contributed by atoms with E-state index in [2.05, 4.69) is 0 Å². The fraction of sp³-hybridized carbons (Fsp3) is 0.400. The van der Waals surface area contributed by atoms with E-state index < -0.39 is 18.0 Å². The van der Waals surface area contributed by atoms with Crippen molar-refractivity contribution in [2.75, 3.05) is 14.2 Å². The molecule has 1 atom stereocenters. The first-order valence-electron chi connectivity index (χ1n) is 5.21. The normalized spacial score (nSPS) is 17.3. The second-order valence-electron chi connectivity index (χ2n) is 2.70. The molecule has 0 aromatic heterocycles. The Morgan fingerprint density at radius 1 is 1.47 bits per heavy atom. The van der Waals surface area contributed by atoms with E-state index in [0.29, 0.717) is 0 Å². The van der Waals surface area contributed by atoms with Crippen LogP contribution in [0.25, 0.3) is 0 Å². The molecule has 0 saturated heterocycles. The third kappa shape index (κ3) is 2.30. The first kappa shape index (κ1) is 9.19. The van der Waals surface area contributed by atoms with E-state index in [1.54, 1.807) is 6.07 Å². The molecule has 0 aliphatic rings. The molecule has 0 N–H and O–H groups in total. The third-order valence-corrected chi connectivity index (χ3v) is 4.94. The molecule has 0 amide bonds. The van der Waals surface area contributed by atoms with Gasteiger partial charge in [0.25, 0.3) is 0 Å². The summed E-state index contributed by atoms with van der Waals surface area (Å²) in [4.78, 5) is 0. The number of benzene rings is 1. The van der Waals surface area contributed by atoms with Gasteiger partial charge >= 0.3 is 93.2 Å². The Labute approximate surface area is 93.6 Å². The predicted molar refractivity (Wildman–Crippen MR) is 56.8 cm³/mol. The van der Waals surface area contributed by atoms with E-state index in [1.165, 1.54) is 26.4 Å². The minimum atomic E-state index is -4.97. The molecule has 4 nitrogen and oxygen atoms in total. The standard InChI is InChI=1S/C10H14O4Se/c1-4-15(11,12)9-7-5-6-8(13-2)10(9)14-3/h5-7H,4H2,1-3H3/i4DH/t4-/m1/s1. The molecule has 0 radical (unpaired) electrons. The van der Waals surface area contributed by atoms with Crippen LogP contribution in [0.4, 0.5) is 0 Å². The van der Waals surface area contributed by atoms with Gasteiger partial charge in [0.15, 0.2) is 0 Å². The predicted octanol–water partition coefficient (Wildman–Crippen LogP) is 1.23. The zero-order valence-electron chi connectivity index (χ0n) is 10.8. The average Bonchev–Trinajstić information content (AvgIpc) is 2.26. The SMILES string of the molecule is [1H][C@@]([2H])(C)[Se](=O)(=O)c1cccc(OC)c1OC. The molecule has 0 unspecified atom stereocenters. The van der Waals surface area contributed by atoms with Crippen LogP contribution in [0.5, 0.6) is 11.5 Å². The van der Waals surface area contributed by atoms with Gasteiger partial charge in [0.1, 0.15) is 0 Å². The van der Waals surface area contributed by atoms with Crippen LogP contribution >= 0.6 is 0 Å². The quantitative estimate of drug-likeness (QED) is 0.777. The molecular weight excluding hydrogens is 263 g/mol. The van der Waals surface area contributed by atoms with Gasteiger partial charge in [-0.1, -0.05) is 0 Å². The summed E-state index contributed by atoms with van der Waals surface area (Å²) in [5, 5.41) is -2.31. The molecule has 1 aromatic rings. The summed E-state index contributed by atoms with van der Waals surface area (Å²) in [5.74, 6) is 0.313. The molecule has 1 rings (SSSR count). The molecule has 0 aliphatic carbocycles. The number of hydrogen-bond donors (Lipinski definition) is 0.